The van der Waals surface area contributed by atoms with Crippen molar-refractivity contribution in [2.24, 2.45) is 11.1 Å². The number of hydrogen-bond acceptors (Lipinski definition) is 5. The molecule has 3 aliphatic rings. The molecule has 3 fully saturated rings. The van der Waals surface area contributed by atoms with Crippen molar-refractivity contribution < 1.29 is 14.3 Å². The van der Waals surface area contributed by atoms with Crippen LogP contribution in [0.25, 0.3) is 0 Å². The van der Waals surface area contributed by atoms with E-state index in [1.165, 1.54) is 0 Å². The summed E-state index contributed by atoms with van der Waals surface area (Å²) in [6.07, 6.45) is 3.44. The minimum absolute atomic E-state index is 0.163. The summed E-state index contributed by atoms with van der Waals surface area (Å²) in [4.78, 5) is 15.2. The number of nitrogens with two attached hydrogens (primary N) is 1. The number of thioether (sulfide) groups is 1. The van der Waals surface area contributed by atoms with Crippen molar-refractivity contribution in [3.63, 3.8) is 0 Å². The van der Waals surface area contributed by atoms with Gasteiger partial charge >= 0.3 is 0 Å². The Labute approximate surface area is 130 Å². The molecule has 6 heteroatoms. The van der Waals surface area contributed by atoms with E-state index in [9.17, 15) is 4.79 Å². The van der Waals surface area contributed by atoms with E-state index in [2.05, 4.69) is 4.90 Å². The molecule has 1 amide bonds. The number of rotatable bonds is 4. The van der Waals surface area contributed by atoms with Gasteiger partial charge in [-0.25, -0.2) is 0 Å². The number of nitrogens with zero attached hydrogens (tertiary/aromatic N) is 1. The van der Waals surface area contributed by atoms with Crippen molar-refractivity contribution in [2.75, 3.05) is 37.9 Å². The molecule has 0 bridgehead atoms. The largest absolute Gasteiger partial charge is 0.379 e. The molecule has 0 aliphatic carbocycles. The monoisotopic (exact) mass is 314 g/mol. The number of carbonyl (C=O) groups is 1. The first-order chi connectivity index (χ1) is 10.1. The molecule has 4 atom stereocenters. The maximum atomic E-state index is 13.2. The lowest BCUT2D eigenvalue weighted by Gasteiger charge is -2.37. The predicted molar refractivity (Wildman–Crippen MR) is 83.3 cm³/mol. The second kappa shape index (κ2) is 6.44. The van der Waals surface area contributed by atoms with E-state index in [1.807, 2.05) is 18.7 Å². The molecule has 0 saturated carbocycles. The third-order valence-corrected chi connectivity index (χ3v) is 6.18. The van der Waals surface area contributed by atoms with E-state index in [4.69, 9.17) is 15.2 Å². The lowest BCUT2D eigenvalue weighted by molar-refractivity contribution is -0.145. The highest BCUT2D eigenvalue weighted by molar-refractivity contribution is 7.99. The molecular weight excluding hydrogens is 288 g/mol. The molecule has 3 aliphatic heterocycles. The second-order valence-corrected chi connectivity index (χ2v) is 7.80. The molecule has 120 valence electrons. The van der Waals surface area contributed by atoms with Gasteiger partial charge in [0.15, 0.2) is 0 Å². The Morgan fingerprint density at radius 3 is 2.90 bits per heavy atom. The first-order valence-electron chi connectivity index (χ1n) is 7.95. The van der Waals surface area contributed by atoms with Gasteiger partial charge < -0.3 is 20.1 Å². The van der Waals surface area contributed by atoms with Crippen LogP contribution in [-0.2, 0) is 14.3 Å². The van der Waals surface area contributed by atoms with E-state index < -0.39 is 5.41 Å². The Balaban J connectivity index is 1.75. The maximum absolute atomic E-state index is 13.2. The smallest absolute Gasteiger partial charge is 0.232 e. The fourth-order valence-electron chi connectivity index (χ4n) is 3.41. The summed E-state index contributed by atoms with van der Waals surface area (Å²) in [5, 5.41) is 0. The summed E-state index contributed by atoms with van der Waals surface area (Å²) in [6.45, 7) is 4.42. The number of ether oxygens (including phenoxy) is 2. The Morgan fingerprint density at radius 1 is 1.48 bits per heavy atom. The average molecular weight is 314 g/mol. The lowest BCUT2D eigenvalue weighted by Crippen LogP contribution is -2.56. The molecule has 0 spiro atoms. The van der Waals surface area contributed by atoms with E-state index in [0.717, 1.165) is 37.4 Å². The van der Waals surface area contributed by atoms with Gasteiger partial charge in [-0.2, -0.15) is 11.8 Å². The summed E-state index contributed by atoms with van der Waals surface area (Å²) in [5.74, 6) is 2.33. The van der Waals surface area contributed by atoms with Crippen LogP contribution in [0.15, 0.2) is 0 Å². The van der Waals surface area contributed by atoms with E-state index >= 15 is 0 Å². The molecule has 5 nitrogen and oxygen atoms in total. The summed E-state index contributed by atoms with van der Waals surface area (Å²) >= 11 is 1.93. The minimum atomic E-state index is -0.578. The van der Waals surface area contributed by atoms with Crippen molar-refractivity contribution >= 4 is 17.7 Å². The van der Waals surface area contributed by atoms with Gasteiger partial charge in [-0.05, 0) is 31.9 Å². The van der Waals surface area contributed by atoms with Crippen LogP contribution in [0.5, 0.6) is 0 Å². The average Bonchev–Trinajstić information content (AvgIpc) is 3.19. The topological polar surface area (TPSA) is 64.8 Å². The first kappa shape index (κ1) is 15.6. The Kier molecular flexibility index (Phi) is 4.78. The van der Waals surface area contributed by atoms with Crippen LogP contribution in [-0.4, -0.2) is 66.9 Å². The highest BCUT2D eigenvalue weighted by atomic mass is 32.2. The SMILES string of the molecule is CC1(C(=O)N(CC2CCCO2)C2CCSC2)COCC1N. The van der Waals surface area contributed by atoms with E-state index in [0.29, 0.717) is 25.8 Å². The van der Waals surface area contributed by atoms with E-state index in [-0.39, 0.29) is 18.1 Å². The summed E-state index contributed by atoms with van der Waals surface area (Å²) in [6, 6.07) is 0.127. The zero-order chi connectivity index (χ0) is 14.9. The Hall–Kier alpha value is -0.300. The minimum Gasteiger partial charge on any atom is -0.379 e. The van der Waals surface area contributed by atoms with Crippen LogP contribution >= 0.6 is 11.8 Å². The number of amides is 1. The number of carbonyl (C=O) groups excluding carboxylic acids is 1. The highest BCUT2D eigenvalue weighted by Gasteiger charge is 2.48. The summed E-state index contributed by atoms with van der Waals surface area (Å²) in [7, 11) is 0. The molecule has 0 aromatic heterocycles. The first-order valence-corrected chi connectivity index (χ1v) is 9.10. The van der Waals surface area contributed by atoms with Gasteiger partial charge in [0.05, 0.1) is 24.7 Å². The quantitative estimate of drug-likeness (QED) is 0.834. The molecular formula is C15H26N2O3S. The highest BCUT2D eigenvalue weighted by Crippen LogP contribution is 2.33. The van der Waals surface area contributed by atoms with Crippen molar-refractivity contribution in [3.8, 4) is 0 Å². The van der Waals surface area contributed by atoms with Gasteiger partial charge in [0.25, 0.3) is 0 Å². The van der Waals surface area contributed by atoms with Gasteiger partial charge in [0, 0.05) is 31.0 Å². The third-order valence-electron chi connectivity index (χ3n) is 5.04. The predicted octanol–water partition coefficient (Wildman–Crippen LogP) is 0.863. The van der Waals surface area contributed by atoms with Crippen molar-refractivity contribution in [1.82, 2.24) is 4.90 Å². The molecule has 3 rings (SSSR count). The lowest BCUT2D eigenvalue weighted by atomic mass is 9.83. The summed E-state index contributed by atoms with van der Waals surface area (Å²) < 4.78 is 11.2. The van der Waals surface area contributed by atoms with Crippen LogP contribution in [0, 0.1) is 5.41 Å². The molecule has 0 aromatic rings. The van der Waals surface area contributed by atoms with Crippen molar-refractivity contribution in [1.29, 1.82) is 0 Å². The van der Waals surface area contributed by atoms with Gasteiger partial charge in [-0.3, -0.25) is 4.79 Å². The molecule has 2 N–H and O–H groups in total. The van der Waals surface area contributed by atoms with Crippen LogP contribution in [0.1, 0.15) is 26.2 Å². The van der Waals surface area contributed by atoms with Gasteiger partial charge in [0.1, 0.15) is 0 Å². The van der Waals surface area contributed by atoms with Gasteiger partial charge in [0.2, 0.25) is 5.91 Å². The molecule has 4 unspecified atom stereocenters. The molecule has 21 heavy (non-hydrogen) atoms. The second-order valence-electron chi connectivity index (χ2n) is 6.65. The molecule has 3 saturated heterocycles. The third kappa shape index (κ3) is 3.09. The zero-order valence-corrected chi connectivity index (χ0v) is 13.6. The normalized spacial score (nSPS) is 39.8. The van der Waals surface area contributed by atoms with Crippen molar-refractivity contribution in [2.45, 2.75) is 44.4 Å². The van der Waals surface area contributed by atoms with Gasteiger partial charge in [-0.1, -0.05) is 0 Å². The standard InChI is InChI=1S/C15H26N2O3S/c1-15(10-19-8-13(15)16)14(18)17(11-4-6-21-9-11)7-12-3-2-5-20-12/h11-13H,2-10,16H2,1H3. The van der Waals surface area contributed by atoms with Crippen LogP contribution in [0.4, 0.5) is 0 Å². The fourth-order valence-corrected chi connectivity index (χ4v) is 4.63. The molecule has 0 radical (unpaired) electrons. The van der Waals surface area contributed by atoms with Gasteiger partial charge in [-0.15, -0.1) is 0 Å². The van der Waals surface area contributed by atoms with Crippen LogP contribution in [0.2, 0.25) is 0 Å². The summed E-state index contributed by atoms with van der Waals surface area (Å²) in [5.41, 5.74) is 5.57. The zero-order valence-electron chi connectivity index (χ0n) is 12.8. The van der Waals surface area contributed by atoms with Crippen LogP contribution in [0.3, 0.4) is 0 Å². The molecule has 3 heterocycles. The number of hydrogen-bond donors (Lipinski definition) is 1. The van der Waals surface area contributed by atoms with Crippen molar-refractivity contribution in [3.05, 3.63) is 0 Å². The Morgan fingerprint density at radius 2 is 2.33 bits per heavy atom. The maximum Gasteiger partial charge on any atom is 0.232 e. The van der Waals surface area contributed by atoms with Crippen LogP contribution < -0.4 is 5.73 Å². The molecule has 0 aromatic carbocycles. The fraction of sp³-hybridized carbons (Fsp3) is 0.933. The Bertz CT molecular complexity index is 383. The van der Waals surface area contributed by atoms with E-state index in [1.54, 1.807) is 0 Å².